The second kappa shape index (κ2) is 12.4. The summed E-state index contributed by atoms with van der Waals surface area (Å²) < 4.78 is 0. The molecular weight excluding hydrogens is 620 g/mol. The van der Waals surface area contributed by atoms with E-state index in [-0.39, 0.29) is 45.5 Å². The molecule has 48 heavy (non-hydrogen) atoms. The minimum Gasteiger partial charge on any atom is -0.529 e. The molecule has 0 atom stereocenters. The second-order valence-corrected chi connectivity index (χ2v) is 11.4. The summed E-state index contributed by atoms with van der Waals surface area (Å²) in [6.07, 6.45) is -3.16. The van der Waals surface area contributed by atoms with E-state index < -0.39 is 24.2 Å². The number of anilines is 6. The molecule has 0 N–H and O–H groups in total. The van der Waals surface area contributed by atoms with Gasteiger partial charge in [-0.15, -0.1) is 9.81 Å². The molecule has 1 heterocycles. The summed E-state index contributed by atoms with van der Waals surface area (Å²) in [5.41, 5.74) is 3.82. The fourth-order valence-corrected chi connectivity index (χ4v) is 6.01. The molecule has 1 saturated heterocycles. The van der Waals surface area contributed by atoms with E-state index in [2.05, 4.69) is 10.4 Å². The number of urea groups is 2. The topological polar surface area (TPSA) is 186 Å². The summed E-state index contributed by atoms with van der Waals surface area (Å²) in [5.74, 6) is 0. The number of amides is 6. The summed E-state index contributed by atoms with van der Waals surface area (Å²) >= 11 is 0. The number of rotatable bonds is 8. The predicted molar refractivity (Wildman–Crippen MR) is 176 cm³/mol. The van der Waals surface area contributed by atoms with Crippen LogP contribution in [0.2, 0.25) is 0 Å². The Morgan fingerprint density at radius 3 is 1.12 bits per heavy atom. The highest BCUT2D eigenvalue weighted by Crippen LogP contribution is 2.41. The Kier molecular flexibility index (Phi) is 8.51. The van der Waals surface area contributed by atoms with Crippen molar-refractivity contribution in [3.05, 3.63) is 104 Å². The van der Waals surface area contributed by atoms with Gasteiger partial charge in [0.2, 0.25) is 0 Å². The number of carboxylic acid groups (broad SMARTS) is 2. The van der Waals surface area contributed by atoms with Crippen molar-refractivity contribution in [2.45, 2.75) is 41.5 Å². The lowest BCUT2D eigenvalue weighted by Gasteiger charge is -2.40. The zero-order valence-electron chi connectivity index (χ0n) is 26.7. The fourth-order valence-electron chi connectivity index (χ4n) is 6.01. The van der Waals surface area contributed by atoms with Crippen molar-refractivity contribution in [2.75, 3.05) is 19.6 Å². The highest BCUT2D eigenvalue weighted by Gasteiger charge is 2.46. The maximum atomic E-state index is 13.5. The lowest BCUT2D eigenvalue weighted by atomic mass is 10.0. The van der Waals surface area contributed by atoms with Crippen LogP contribution < -0.4 is 29.8 Å². The van der Waals surface area contributed by atoms with Gasteiger partial charge in [0.15, 0.2) is 0 Å². The predicted octanol–water partition coefficient (Wildman–Crippen LogP) is 6.86. The number of nitroso groups, excluding NO2 is 2. The molecular formula is C34H28N6O8-2. The van der Waals surface area contributed by atoms with Gasteiger partial charge in [-0.05, 0) is 134 Å². The first-order valence-corrected chi connectivity index (χ1v) is 14.5. The highest BCUT2D eigenvalue weighted by atomic mass is 16.4. The number of hydrogen-bond acceptors (Lipinski definition) is 10. The molecule has 1 aliphatic rings. The van der Waals surface area contributed by atoms with Gasteiger partial charge in [0.05, 0.1) is 34.1 Å². The van der Waals surface area contributed by atoms with Crippen molar-refractivity contribution in [2.24, 2.45) is 10.4 Å². The molecule has 4 aromatic carbocycles. The molecule has 0 bridgehead atoms. The Labute approximate surface area is 274 Å². The highest BCUT2D eigenvalue weighted by molar-refractivity contribution is 6.41. The number of imide groups is 2. The normalized spacial score (nSPS) is 12.5. The molecule has 0 aromatic heterocycles. The Balaban J connectivity index is 1.52. The van der Waals surface area contributed by atoms with Crippen molar-refractivity contribution in [3.63, 3.8) is 0 Å². The second-order valence-electron chi connectivity index (χ2n) is 11.4. The van der Waals surface area contributed by atoms with Crippen LogP contribution >= 0.6 is 0 Å². The van der Waals surface area contributed by atoms with Crippen LogP contribution in [0.4, 0.5) is 64.7 Å². The SMILES string of the molecule is Cc1ccc(N2C(=O)N(c3ccc(C)c(N(C(=O)[O-])c4c(C)cc(N=O)cc4C)c3)C2=O)cc1N(C(=O)[O-])c1c(C)cc(N=O)cc1C. The van der Waals surface area contributed by atoms with E-state index in [0.717, 1.165) is 19.6 Å². The van der Waals surface area contributed by atoms with Crippen molar-refractivity contribution in [3.8, 4) is 0 Å². The van der Waals surface area contributed by atoms with E-state index in [1.165, 1.54) is 48.5 Å². The van der Waals surface area contributed by atoms with Crippen LogP contribution in [0.3, 0.4) is 0 Å². The smallest absolute Gasteiger partial charge is 0.345 e. The summed E-state index contributed by atoms with van der Waals surface area (Å²) in [4.78, 5) is 77.8. The summed E-state index contributed by atoms with van der Waals surface area (Å²) in [5, 5.41) is 30.8. The van der Waals surface area contributed by atoms with Crippen LogP contribution in [0.5, 0.6) is 0 Å². The third-order valence-electron chi connectivity index (χ3n) is 8.12. The molecule has 14 nitrogen and oxygen atoms in total. The van der Waals surface area contributed by atoms with Crippen LogP contribution in [0, 0.1) is 51.4 Å². The molecule has 6 amide bonds. The van der Waals surface area contributed by atoms with Crippen LogP contribution in [0.1, 0.15) is 33.4 Å². The largest absolute Gasteiger partial charge is 0.529 e. The Bertz CT molecular complexity index is 1870. The van der Waals surface area contributed by atoms with Gasteiger partial charge < -0.3 is 19.8 Å². The van der Waals surface area contributed by atoms with Gasteiger partial charge in [0, 0.05) is 0 Å². The summed E-state index contributed by atoms with van der Waals surface area (Å²) in [7, 11) is 0. The molecule has 1 fully saturated rings. The molecule has 0 saturated carbocycles. The lowest BCUT2D eigenvalue weighted by Crippen LogP contribution is -2.65. The number of benzene rings is 4. The summed E-state index contributed by atoms with van der Waals surface area (Å²) in [6, 6.07) is 13.0. The van der Waals surface area contributed by atoms with Crippen molar-refractivity contribution < 1.29 is 29.4 Å². The van der Waals surface area contributed by atoms with E-state index >= 15 is 0 Å². The van der Waals surface area contributed by atoms with Gasteiger partial charge in [-0.3, -0.25) is 9.80 Å². The molecule has 14 heteroatoms. The van der Waals surface area contributed by atoms with E-state index in [1.807, 2.05) is 0 Å². The maximum Gasteiger partial charge on any atom is 0.345 e. The van der Waals surface area contributed by atoms with Crippen LogP contribution in [0.15, 0.2) is 71.0 Å². The van der Waals surface area contributed by atoms with E-state index in [9.17, 15) is 39.2 Å². The zero-order valence-corrected chi connectivity index (χ0v) is 26.7. The van der Waals surface area contributed by atoms with Gasteiger partial charge in [-0.2, -0.15) is 0 Å². The Hall–Kier alpha value is -6.44. The van der Waals surface area contributed by atoms with Crippen LogP contribution in [0.25, 0.3) is 0 Å². The number of carbonyl (C=O) groups excluding carboxylic acids is 4. The minimum atomic E-state index is -1.58. The quantitative estimate of drug-likeness (QED) is 0.185. The third kappa shape index (κ3) is 5.48. The Morgan fingerprint density at radius 1 is 0.542 bits per heavy atom. The van der Waals surface area contributed by atoms with Crippen molar-refractivity contribution >= 4 is 69.7 Å². The molecule has 0 unspecified atom stereocenters. The van der Waals surface area contributed by atoms with Gasteiger partial charge in [0.1, 0.15) is 23.6 Å². The molecule has 0 spiro atoms. The van der Waals surface area contributed by atoms with Crippen LogP contribution in [-0.4, -0.2) is 24.2 Å². The Morgan fingerprint density at radius 2 is 0.854 bits per heavy atom. The van der Waals surface area contributed by atoms with E-state index in [0.29, 0.717) is 33.4 Å². The molecule has 244 valence electrons. The first-order chi connectivity index (χ1) is 22.7. The van der Waals surface area contributed by atoms with Crippen molar-refractivity contribution in [1.29, 1.82) is 0 Å². The first-order valence-electron chi connectivity index (χ1n) is 14.5. The maximum absolute atomic E-state index is 13.5. The van der Waals surface area contributed by atoms with Gasteiger partial charge >= 0.3 is 12.1 Å². The first kappa shape index (κ1) is 32.9. The van der Waals surface area contributed by atoms with E-state index in [1.54, 1.807) is 53.7 Å². The van der Waals surface area contributed by atoms with E-state index in [4.69, 9.17) is 0 Å². The lowest BCUT2D eigenvalue weighted by molar-refractivity contribution is -0.246. The van der Waals surface area contributed by atoms with Gasteiger partial charge in [0.25, 0.3) is 0 Å². The van der Waals surface area contributed by atoms with Gasteiger partial charge in [-0.25, -0.2) is 19.4 Å². The average molecular weight is 649 g/mol. The minimum absolute atomic E-state index is 0.0772. The number of aryl methyl sites for hydroxylation is 6. The fraction of sp³-hybridized carbons (Fsp3) is 0.176. The standard InChI is InChI=1S/C34H30N6O8/c1-17-7-9-25(15-27(17)39(33(43)44)29-19(3)11-23(35-47)12-20(29)4)37-31(41)38(32(37)42)26-10-8-18(2)28(16-26)40(34(45)46)30-21(5)13-24(36-48)14-22(30)6/h7-16H,1-6H3,(H,43,44)(H,45,46)/p-2. The van der Waals surface area contributed by atoms with Crippen LogP contribution in [-0.2, 0) is 0 Å². The van der Waals surface area contributed by atoms with Gasteiger partial charge in [-0.1, -0.05) is 12.1 Å². The molecule has 1 aliphatic heterocycles. The molecule has 4 aromatic rings. The monoisotopic (exact) mass is 648 g/mol. The summed E-state index contributed by atoms with van der Waals surface area (Å²) in [6.45, 7) is 9.76. The molecule has 0 radical (unpaired) electrons. The number of hydrogen-bond donors (Lipinski definition) is 0. The number of carbonyl (C=O) groups is 4. The van der Waals surface area contributed by atoms with Crippen molar-refractivity contribution in [1.82, 2.24) is 0 Å². The third-order valence-corrected chi connectivity index (χ3v) is 8.12. The number of nitrogens with zero attached hydrogens (tertiary/aromatic N) is 6. The molecule has 5 rings (SSSR count). The zero-order chi connectivity index (χ0) is 35.2. The average Bonchev–Trinajstić information content (AvgIpc) is 3.02. The molecule has 0 aliphatic carbocycles.